The fourth-order valence-corrected chi connectivity index (χ4v) is 2.08. The minimum absolute atomic E-state index is 0.0540. The molecule has 21 heavy (non-hydrogen) atoms. The lowest BCUT2D eigenvalue weighted by Gasteiger charge is -2.10. The number of para-hydroxylation sites is 1. The number of ether oxygens (including phenoxy) is 1. The summed E-state index contributed by atoms with van der Waals surface area (Å²) >= 11 is 6.01. The summed E-state index contributed by atoms with van der Waals surface area (Å²) < 4.78 is 5.63. The Bertz CT molecular complexity index is 647. The Hall–Kier alpha value is -2.27. The second-order valence-corrected chi connectivity index (χ2v) is 4.77. The van der Waals surface area contributed by atoms with Crippen LogP contribution in [0.2, 0.25) is 5.02 Å². The van der Waals surface area contributed by atoms with Gasteiger partial charge in [-0.1, -0.05) is 23.7 Å². The lowest BCUT2D eigenvalue weighted by atomic mass is 10.2. The summed E-state index contributed by atoms with van der Waals surface area (Å²) in [5.41, 5.74) is 1.37. The summed E-state index contributed by atoms with van der Waals surface area (Å²) in [5, 5.41) is 14.5. The van der Waals surface area contributed by atoms with E-state index in [1.165, 1.54) is 6.07 Å². The van der Waals surface area contributed by atoms with E-state index in [4.69, 9.17) is 16.3 Å². The van der Waals surface area contributed by atoms with Gasteiger partial charge in [0.15, 0.2) is 0 Å². The van der Waals surface area contributed by atoms with Crippen LogP contribution in [0.3, 0.4) is 0 Å². The first-order chi connectivity index (χ1) is 10.1. The van der Waals surface area contributed by atoms with E-state index in [1.54, 1.807) is 24.3 Å². The first kappa shape index (κ1) is 15.1. The summed E-state index contributed by atoms with van der Waals surface area (Å²) in [6, 6.07) is 12.1. The van der Waals surface area contributed by atoms with E-state index in [-0.39, 0.29) is 5.69 Å². The van der Waals surface area contributed by atoms with Gasteiger partial charge in [-0.15, -0.1) is 0 Å². The molecule has 2 rings (SSSR count). The van der Waals surface area contributed by atoms with Crippen LogP contribution < -0.4 is 10.1 Å². The highest BCUT2D eigenvalue weighted by molar-refractivity contribution is 6.32. The molecule has 0 atom stereocenters. The van der Waals surface area contributed by atoms with E-state index in [0.717, 1.165) is 5.56 Å². The quantitative estimate of drug-likeness (QED) is 0.640. The van der Waals surface area contributed by atoms with Crippen molar-refractivity contribution >= 4 is 23.0 Å². The summed E-state index contributed by atoms with van der Waals surface area (Å²) in [6.45, 7) is 2.78. The molecule has 0 heterocycles. The average molecular weight is 307 g/mol. The molecule has 2 aromatic carbocycles. The monoisotopic (exact) mass is 306 g/mol. The van der Waals surface area contributed by atoms with E-state index in [0.29, 0.717) is 29.6 Å². The average Bonchev–Trinajstić information content (AvgIpc) is 2.46. The van der Waals surface area contributed by atoms with Gasteiger partial charge in [0.05, 0.1) is 9.95 Å². The third-order valence-corrected chi connectivity index (χ3v) is 3.17. The SMILES string of the molecule is CCNc1cc(COc2ccccc2Cl)ccc1[N+](=O)[O-]. The van der Waals surface area contributed by atoms with Gasteiger partial charge < -0.3 is 10.1 Å². The Balaban J connectivity index is 2.15. The molecule has 0 radical (unpaired) electrons. The number of nitro benzene ring substituents is 1. The Morgan fingerprint density at radius 3 is 2.71 bits per heavy atom. The second kappa shape index (κ2) is 6.95. The summed E-state index contributed by atoms with van der Waals surface area (Å²) in [6.07, 6.45) is 0. The largest absolute Gasteiger partial charge is 0.487 e. The first-order valence-electron chi connectivity index (χ1n) is 6.50. The van der Waals surface area contributed by atoms with Gasteiger partial charge in [-0.3, -0.25) is 10.1 Å². The summed E-state index contributed by atoms with van der Waals surface area (Å²) in [4.78, 5) is 10.5. The number of rotatable bonds is 6. The highest BCUT2D eigenvalue weighted by atomic mass is 35.5. The van der Waals surface area contributed by atoms with Crippen LogP contribution in [0.5, 0.6) is 5.75 Å². The Kier molecular flexibility index (Phi) is 5.00. The van der Waals surface area contributed by atoms with Gasteiger partial charge in [-0.2, -0.15) is 0 Å². The molecule has 110 valence electrons. The van der Waals surface area contributed by atoms with Crippen molar-refractivity contribution in [1.29, 1.82) is 0 Å². The number of benzene rings is 2. The molecule has 0 fully saturated rings. The van der Waals surface area contributed by atoms with Crippen molar-refractivity contribution in [2.24, 2.45) is 0 Å². The number of hydrogen-bond acceptors (Lipinski definition) is 4. The van der Waals surface area contributed by atoms with E-state index in [2.05, 4.69) is 5.32 Å². The molecule has 1 N–H and O–H groups in total. The molecule has 0 saturated carbocycles. The fourth-order valence-electron chi connectivity index (χ4n) is 1.89. The maximum Gasteiger partial charge on any atom is 0.292 e. The number of nitrogens with one attached hydrogen (secondary N) is 1. The van der Waals surface area contributed by atoms with Crippen LogP contribution in [0, 0.1) is 10.1 Å². The Morgan fingerprint density at radius 1 is 1.29 bits per heavy atom. The molecule has 0 saturated heterocycles. The number of nitrogens with zero attached hydrogens (tertiary/aromatic N) is 1. The molecule has 0 spiro atoms. The molecule has 0 aliphatic heterocycles. The van der Waals surface area contributed by atoms with Crippen molar-refractivity contribution < 1.29 is 9.66 Å². The highest BCUT2D eigenvalue weighted by Crippen LogP contribution is 2.27. The molecule has 0 aliphatic carbocycles. The highest BCUT2D eigenvalue weighted by Gasteiger charge is 2.13. The summed E-state index contributed by atoms with van der Waals surface area (Å²) in [7, 11) is 0. The van der Waals surface area contributed by atoms with Crippen molar-refractivity contribution in [1.82, 2.24) is 0 Å². The number of anilines is 1. The zero-order valence-electron chi connectivity index (χ0n) is 11.5. The van der Waals surface area contributed by atoms with Gasteiger partial charge in [0, 0.05) is 12.6 Å². The predicted octanol–water partition coefficient (Wildman–Crippen LogP) is 4.26. The van der Waals surface area contributed by atoms with Crippen molar-refractivity contribution in [3.05, 3.63) is 63.2 Å². The van der Waals surface area contributed by atoms with Gasteiger partial charge in [0.2, 0.25) is 0 Å². The van der Waals surface area contributed by atoms with Crippen LogP contribution in [-0.4, -0.2) is 11.5 Å². The fraction of sp³-hybridized carbons (Fsp3) is 0.200. The lowest BCUT2D eigenvalue weighted by Crippen LogP contribution is -2.03. The van der Waals surface area contributed by atoms with Crippen LogP contribution in [0.4, 0.5) is 11.4 Å². The summed E-state index contributed by atoms with van der Waals surface area (Å²) in [5.74, 6) is 0.586. The van der Waals surface area contributed by atoms with E-state index in [9.17, 15) is 10.1 Å². The van der Waals surface area contributed by atoms with Gasteiger partial charge in [0.25, 0.3) is 5.69 Å². The molecule has 6 heteroatoms. The Morgan fingerprint density at radius 2 is 2.05 bits per heavy atom. The smallest absolute Gasteiger partial charge is 0.292 e. The molecule has 0 bridgehead atoms. The van der Waals surface area contributed by atoms with Crippen molar-refractivity contribution in [3.8, 4) is 5.75 Å². The minimum atomic E-state index is -0.406. The third kappa shape index (κ3) is 3.86. The molecular weight excluding hydrogens is 292 g/mol. The molecule has 0 unspecified atom stereocenters. The number of halogens is 1. The molecule has 5 nitrogen and oxygen atoms in total. The molecule has 0 aromatic heterocycles. The van der Waals surface area contributed by atoms with Crippen LogP contribution in [0.25, 0.3) is 0 Å². The van der Waals surface area contributed by atoms with Gasteiger partial charge in [0.1, 0.15) is 18.0 Å². The zero-order valence-corrected chi connectivity index (χ0v) is 12.3. The molecule has 0 amide bonds. The Labute approximate surface area is 127 Å². The molecule has 2 aromatic rings. The van der Waals surface area contributed by atoms with Crippen LogP contribution in [0.15, 0.2) is 42.5 Å². The van der Waals surface area contributed by atoms with Gasteiger partial charge in [-0.25, -0.2) is 0 Å². The second-order valence-electron chi connectivity index (χ2n) is 4.36. The molecule has 0 aliphatic rings. The van der Waals surface area contributed by atoms with Gasteiger partial charge in [-0.05, 0) is 36.8 Å². The maximum absolute atomic E-state index is 10.9. The normalized spacial score (nSPS) is 10.2. The minimum Gasteiger partial charge on any atom is -0.487 e. The topological polar surface area (TPSA) is 64.4 Å². The van der Waals surface area contributed by atoms with Gasteiger partial charge >= 0.3 is 0 Å². The molecular formula is C15H15ClN2O3. The van der Waals surface area contributed by atoms with Crippen LogP contribution in [-0.2, 0) is 6.61 Å². The van der Waals surface area contributed by atoms with E-state index < -0.39 is 4.92 Å². The van der Waals surface area contributed by atoms with E-state index >= 15 is 0 Å². The van der Waals surface area contributed by atoms with Crippen molar-refractivity contribution in [3.63, 3.8) is 0 Å². The first-order valence-corrected chi connectivity index (χ1v) is 6.88. The van der Waals surface area contributed by atoms with Crippen LogP contribution >= 0.6 is 11.6 Å². The van der Waals surface area contributed by atoms with E-state index in [1.807, 2.05) is 19.1 Å². The third-order valence-electron chi connectivity index (χ3n) is 2.86. The zero-order chi connectivity index (χ0) is 15.2. The number of hydrogen-bond donors (Lipinski definition) is 1. The lowest BCUT2D eigenvalue weighted by molar-refractivity contribution is -0.384. The van der Waals surface area contributed by atoms with Crippen molar-refractivity contribution in [2.75, 3.05) is 11.9 Å². The predicted molar refractivity (Wildman–Crippen MR) is 83.0 cm³/mol. The maximum atomic E-state index is 10.9. The number of nitro groups is 1. The van der Waals surface area contributed by atoms with Crippen LogP contribution in [0.1, 0.15) is 12.5 Å². The standard InChI is InChI=1S/C15H15ClN2O3/c1-2-17-13-9-11(7-8-14(13)18(19)20)10-21-15-6-4-3-5-12(15)16/h3-9,17H,2,10H2,1H3. The van der Waals surface area contributed by atoms with Crippen molar-refractivity contribution in [2.45, 2.75) is 13.5 Å².